The Morgan fingerprint density at radius 3 is 2.43 bits per heavy atom. The van der Waals surface area contributed by atoms with Crippen LogP contribution in [0.15, 0.2) is 88.1 Å². The first-order valence-electron chi connectivity index (χ1n) is 15.0. The normalized spacial score (nSPS) is 12.8. The molecule has 0 aliphatic carbocycles. The smallest absolute Gasteiger partial charge is 0.216 e. The number of nitrogens with zero attached hydrogens (tertiary/aromatic N) is 3. The van der Waals surface area contributed by atoms with Crippen LogP contribution in [-0.4, -0.2) is 53.3 Å². The molecule has 0 aliphatic rings. The third-order valence-electron chi connectivity index (χ3n) is 7.42. The molecule has 8 nitrogen and oxygen atoms in total. The van der Waals surface area contributed by atoms with Crippen LogP contribution in [0.25, 0.3) is 10.9 Å². The van der Waals surface area contributed by atoms with Crippen LogP contribution in [0.3, 0.4) is 0 Å². The molecule has 1 amide bonds. The summed E-state index contributed by atoms with van der Waals surface area (Å²) in [6.07, 6.45) is 3.85. The lowest BCUT2D eigenvalue weighted by Crippen LogP contribution is -2.22. The van der Waals surface area contributed by atoms with Crippen LogP contribution < -0.4 is 10.1 Å². The van der Waals surface area contributed by atoms with Gasteiger partial charge in [0.05, 0.1) is 25.1 Å². The van der Waals surface area contributed by atoms with Gasteiger partial charge < -0.3 is 20.1 Å². The fraction of sp³-hybridized carbons (Fsp3) is 0.333. The molecule has 4 aromatic rings. The van der Waals surface area contributed by atoms with Gasteiger partial charge in [0.2, 0.25) is 5.91 Å². The maximum Gasteiger partial charge on any atom is 0.216 e. The molecule has 1 atom stereocenters. The Hall–Kier alpha value is -4.72. The molecule has 0 fully saturated rings. The molecule has 0 radical (unpaired) electrons. The largest absolute Gasteiger partial charge is 0.508 e. The number of nitrogens with one attached hydrogen (secondary N) is 2. The third-order valence-corrected chi connectivity index (χ3v) is 7.42. The number of benzene rings is 3. The number of fused-ring (bicyclic) bond motifs is 1. The van der Waals surface area contributed by atoms with E-state index >= 15 is 0 Å². The van der Waals surface area contributed by atoms with Gasteiger partial charge in [0.1, 0.15) is 11.5 Å². The van der Waals surface area contributed by atoms with Crippen LogP contribution in [0.5, 0.6) is 11.5 Å². The van der Waals surface area contributed by atoms with Crippen molar-refractivity contribution in [3.05, 3.63) is 95.2 Å². The van der Waals surface area contributed by atoms with Crippen LogP contribution >= 0.6 is 0 Å². The highest BCUT2D eigenvalue weighted by Crippen LogP contribution is 2.22. The minimum atomic E-state index is 0.0257. The molecule has 8 heteroatoms. The molecule has 3 N–H and O–H groups in total. The Bertz CT molecular complexity index is 1620. The highest BCUT2D eigenvalue weighted by molar-refractivity contribution is 6.14. The molecule has 44 heavy (non-hydrogen) atoms. The molecular formula is C36H45N5O3. The van der Waals surface area contributed by atoms with E-state index < -0.39 is 0 Å². The fourth-order valence-corrected chi connectivity index (χ4v) is 4.36. The summed E-state index contributed by atoms with van der Waals surface area (Å²) in [5, 5.41) is 22.4. The quantitative estimate of drug-likeness (QED) is 0.125. The van der Waals surface area contributed by atoms with Gasteiger partial charge in [-0.2, -0.15) is 10.2 Å². The number of ether oxygens (including phenoxy) is 1. The van der Waals surface area contributed by atoms with Gasteiger partial charge in [-0.1, -0.05) is 26.0 Å². The molecule has 0 bridgehead atoms. The van der Waals surface area contributed by atoms with Crippen LogP contribution in [0.4, 0.5) is 0 Å². The van der Waals surface area contributed by atoms with Gasteiger partial charge in [-0.15, -0.1) is 0 Å². The molecule has 1 heterocycles. The SMILES string of the molecule is CC(=O)NCCc1ccc2[nH]ccc2c1.CCC(C)/C(C)=N\N=C(/C)CN=C(c1ccc(O)cc1)c1cc(OC)ccc1C. The number of phenols is 1. The Morgan fingerprint density at radius 1 is 1.00 bits per heavy atom. The number of H-pyrrole nitrogens is 1. The number of carbonyl (C=O) groups is 1. The lowest BCUT2D eigenvalue weighted by molar-refractivity contribution is -0.118. The predicted molar refractivity (Wildman–Crippen MR) is 183 cm³/mol. The van der Waals surface area contributed by atoms with Gasteiger partial charge in [0, 0.05) is 42.0 Å². The molecule has 3 aromatic carbocycles. The number of aryl methyl sites for hydroxylation is 1. The minimum absolute atomic E-state index is 0.0257. The first-order chi connectivity index (χ1) is 21.1. The zero-order chi connectivity index (χ0) is 32.1. The van der Waals surface area contributed by atoms with Crippen molar-refractivity contribution in [2.45, 2.75) is 54.4 Å². The molecular weight excluding hydrogens is 550 g/mol. The number of carbonyl (C=O) groups excluding carboxylic acids is 1. The van der Waals surface area contributed by atoms with Crippen molar-refractivity contribution in [3.63, 3.8) is 0 Å². The summed E-state index contributed by atoms with van der Waals surface area (Å²) in [6.45, 7) is 13.0. The summed E-state index contributed by atoms with van der Waals surface area (Å²) < 4.78 is 5.40. The second-order valence-electron chi connectivity index (χ2n) is 10.9. The lowest BCUT2D eigenvalue weighted by Gasteiger charge is -2.12. The van der Waals surface area contributed by atoms with Crippen molar-refractivity contribution in [2.24, 2.45) is 21.1 Å². The van der Waals surface area contributed by atoms with Crippen molar-refractivity contribution >= 4 is 33.9 Å². The van der Waals surface area contributed by atoms with E-state index in [1.165, 1.54) is 17.9 Å². The lowest BCUT2D eigenvalue weighted by atomic mass is 9.97. The number of rotatable bonds is 11. The summed E-state index contributed by atoms with van der Waals surface area (Å²) in [7, 11) is 1.65. The van der Waals surface area contributed by atoms with Gasteiger partial charge in [-0.05, 0) is 111 Å². The van der Waals surface area contributed by atoms with Crippen molar-refractivity contribution in [3.8, 4) is 11.5 Å². The molecule has 1 unspecified atom stereocenters. The zero-order valence-corrected chi connectivity index (χ0v) is 26.9. The van der Waals surface area contributed by atoms with Crippen LogP contribution in [-0.2, 0) is 11.2 Å². The number of methoxy groups -OCH3 is 1. The Labute approximate surface area is 261 Å². The molecule has 4 rings (SSSR count). The van der Waals surface area contributed by atoms with Crippen LogP contribution in [0.1, 0.15) is 63.3 Å². The van der Waals surface area contributed by atoms with Gasteiger partial charge in [0.15, 0.2) is 0 Å². The Morgan fingerprint density at radius 2 is 1.75 bits per heavy atom. The molecule has 0 saturated carbocycles. The summed E-state index contributed by atoms with van der Waals surface area (Å²) in [6, 6.07) is 21.4. The predicted octanol–water partition coefficient (Wildman–Crippen LogP) is 7.28. The van der Waals surface area contributed by atoms with Crippen LogP contribution in [0.2, 0.25) is 0 Å². The molecule has 1 aromatic heterocycles. The van der Waals surface area contributed by atoms with E-state index in [9.17, 15) is 9.90 Å². The fourth-order valence-electron chi connectivity index (χ4n) is 4.36. The first kappa shape index (κ1) is 33.8. The Balaban J connectivity index is 0.000000293. The number of aromatic nitrogens is 1. The number of hydrogen-bond donors (Lipinski definition) is 3. The number of hydrogen-bond acceptors (Lipinski definition) is 6. The standard InChI is InChI=1S/C24H31N3O2.C12H14N2O/c1-7-16(2)19(5)27-26-18(4)15-25-24(20-9-11-21(28)12-10-20)23-14-22(29-6)13-8-17(23)3;1-9(15)13-6-4-10-2-3-12-11(8-10)5-7-14-12/h8-14,16,28H,7,15H2,1-6H3;2-3,5,7-8,14H,4,6H2,1H3,(H,13,15)/b25-24?,26-18+,27-19-;. The molecule has 0 aliphatic heterocycles. The van der Waals surface area contributed by atoms with Gasteiger partial charge in [0.25, 0.3) is 0 Å². The average Bonchev–Trinajstić information content (AvgIpc) is 3.49. The topological polar surface area (TPSA) is 111 Å². The van der Waals surface area contributed by atoms with Gasteiger partial charge in [-0.25, -0.2) is 0 Å². The summed E-state index contributed by atoms with van der Waals surface area (Å²) >= 11 is 0. The monoisotopic (exact) mass is 595 g/mol. The van der Waals surface area contributed by atoms with Gasteiger partial charge >= 0.3 is 0 Å². The van der Waals surface area contributed by atoms with E-state index in [1.54, 1.807) is 19.2 Å². The van der Waals surface area contributed by atoms with E-state index in [1.807, 2.05) is 57.3 Å². The van der Waals surface area contributed by atoms with Gasteiger partial charge in [-0.3, -0.25) is 9.79 Å². The number of phenolic OH excluding ortho intramolecular Hbond substituents is 1. The second-order valence-corrected chi connectivity index (χ2v) is 10.9. The Kier molecular flexibility index (Phi) is 12.9. The van der Waals surface area contributed by atoms with E-state index in [0.717, 1.165) is 57.9 Å². The molecule has 0 saturated heterocycles. The number of aliphatic imine (C=N–C) groups is 1. The van der Waals surface area contributed by atoms with Crippen molar-refractivity contribution in [1.29, 1.82) is 0 Å². The average molecular weight is 596 g/mol. The second kappa shape index (κ2) is 16.8. The summed E-state index contributed by atoms with van der Waals surface area (Å²) in [4.78, 5) is 18.7. The van der Waals surface area contributed by atoms with Crippen molar-refractivity contribution in [1.82, 2.24) is 10.3 Å². The van der Waals surface area contributed by atoms with E-state index in [0.29, 0.717) is 19.0 Å². The number of aromatic amines is 1. The maximum atomic E-state index is 10.7. The first-order valence-corrected chi connectivity index (χ1v) is 15.0. The third kappa shape index (κ3) is 10.2. The molecule has 0 spiro atoms. The van der Waals surface area contributed by atoms with E-state index in [2.05, 4.69) is 58.6 Å². The van der Waals surface area contributed by atoms with Crippen molar-refractivity contribution in [2.75, 3.05) is 20.2 Å². The maximum absolute atomic E-state index is 10.7. The van der Waals surface area contributed by atoms with Crippen LogP contribution in [0, 0.1) is 12.8 Å². The highest BCUT2D eigenvalue weighted by Gasteiger charge is 2.12. The summed E-state index contributed by atoms with van der Waals surface area (Å²) in [5.41, 5.74) is 8.10. The zero-order valence-electron chi connectivity index (χ0n) is 26.9. The minimum Gasteiger partial charge on any atom is -0.508 e. The molecule has 232 valence electrons. The van der Waals surface area contributed by atoms with E-state index in [-0.39, 0.29) is 11.7 Å². The number of amides is 1. The number of aromatic hydroxyl groups is 1. The van der Waals surface area contributed by atoms with E-state index in [4.69, 9.17) is 9.73 Å². The highest BCUT2D eigenvalue weighted by atomic mass is 16.5. The summed E-state index contributed by atoms with van der Waals surface area (Å²) in [5.74, 6) is 1.44. The van der Waals surface area contributed by atoms with Crippen molar-refractivity contribution < 1.29 is 14.6 Å².